The zero-order valence-corrected chi connectivity index (χ0v) is 13.3. The van der Waals surface area contributed by atoms with Crippen LogP contribution in [0.1, 0.15) is 46.5 Å². The van der Waals surface area contributed by atoms with Gasteiger partial charge in [-0.3, -0.25) is 4.57 Å². The number of nitrogens with zero attached hydrogens (tertiary/aromatic N) is 1. The van der Waals surface area contributed by atoms with Crippen LogP contribution in [0.25, 0.3) is 5.69 Å². The predicted molar refractivity (Wildman–Crippen MR) is 82.8 cm³/mol. The van der Waals surface area contributed by atoms with Crippen molar-refractivity contribution in [3.8, 4) is 23.2 Å². The topological polar surface area (TPSA) is 90.2 Å². The molecule has 2 aliphatic heterocycles. The van der Waals surface area contributed by atoms with Crippen molar-refractivity contribution >= 4 is 5.97 Å². The maximum Gasteiger partial charge on any atom is 0.341 e. The minimum Gasteiger partial charge on any atom is -0.496 e. The fourth-order valence-electron chi connectivity index (χ4n) is 3.62. The van der Waals surface area contributed by atoms with Crippen molar-refractivity contribution < 1.29 is 29.2 Å². The lowest BCUT2D eigenvalue weighted by Crippen LogP contribution is -2.05. The summed E-state index contributed by atoms with van der Waals surface area (Å²) in [5.41, 5.74) is 2.06. The van der Waals surface area contributed by atoms with Gasteiger partial charge in [-0.05, 0) is 25.0 Å². The fraction of sp³-hybridized carbons (Fsp3) is 0.353. The van der Waals surface area contributed by atoms with Crippen LogP contribution in [-0.2, 0) is 9.47 Å². The van der Waals surface area contributed by atoms with E-state index in [0.717, 1.165) is 12.8 Å². The molecule has 2 N–H and O–H groups in total. The van der Waals surface area contributed by atoms with Crippen molar-refractivity contribution in [1.82, 2.24) is 4.57 Å². The number of methoxy groups -OCH3 is 2. The Balaban J connectivity index is 1.85. The number of fused-ring (bicyclic) bond motifs is 5. The van der Waals surface area contributed by atoms with Gasteiger partial charge >= 0.3 is 5.97 Å². The molecule has 1 aromatic carbocycles. The summed E-state index contributed by atoms with van der Waals surface area (Å²) in [5, 5.41) is 21.2. The average Bonchev–Trinajstić information content (AvgIpc) is 3.27. The predicted octanol–water partition coefficient (Wildman–Crippen LogP) is 2.59. The Morgan fingerprint density at radius 3 is 2.33 bits per heavy atom. The van der Waals surface area contributed by atoms with Crippen LogP contribution in [-0.4, -0.2) is 35.0 Å². The van der Waals surface area contributed by atoms with E-state index in [9.17, 15) is 15.0 Å². The van der Waals surface area contributed by atoms with Crippen molar-refractivity contribution in [2.24, 2.45) is 0 Å². The summed E-state index contributed by atoms with van der Waals surface area (Å²) < 4.78 is 17.0. The van der Waals surface area contributed by atoms with Crippen LogP contribution in [0.15, 0.2) is 18.2 Å². The molecule has 0 spiro atoms. The highest BCUT2D eigenvalue weighted by molar-refractivity contribution is 5.92. The number of benzene rings is 1. The van der Waals surface area contributed by atoms with Crippen molar-refractivity contribution in [2.45, 2.75) is 25.0 Å². The van der Waals surface area contributed by atoms with E-state index in [0.29, 0.717) is 22.6 Å². The first kappa shape index (κ1) is 14.9. The Bertz CT molecular complexity index is 807. The summed E-state index contributed by atoms with van der Waals surface area (Å²) in [7, 11) is 2.73. The first-order chi connectivity index (χ1) is 11.6. The van der Waals surface area contributed by atoms with E-state index in [-0.39, 0.29) is 29.5 Å². The maximum atomic E-state index is 11.8. The van der Waals surface area contributed by atoms with Crippen LogP contribution in [0.2, 0.25) is 0 Å². The third-order valence-electron chi connectivity index (χ3n) is 4.71. The monoisotopic (exact) mass is 331 g/mol. The second-order valence-electron chi connectivity index (χ2n) is 5.88. The Morgan fingerprint density at radius 2 is 1.79 bits per heavy atom. The molecule has 0 aliphatic carbocycles. The van der Waals surface area contributed by atoms with Gasteiger partial charge in [-0.1, -0.05) is 0 Å². The summed E-state index contributed by atoms with van der Waals surface area (Å²) in [5.74, 6) is -0.301. The van der Waals surface area contributed by atoms with Crippen LogP contribution in [0.4, 0.5) is 0 Å². The number of aromatic hydroxyl groups is 2. The fourth-order valence-corrected chi connectivity index (χ4v) is 3.62. The van der Waals surface area contributed by atoms with Crippen molar-refractivity contribution in [1.29, 1.82) is 0 Å². The number of esters is 1. The van der Waals surface area contributed by atoms with E-state index in [1.54, 1.807) is 12.1 Å². The Labute approximate surface area is 138 Å². The van der Waals surface area contributed by atoms with Crippen molar-refractivity contribution in [3.63, 3.8) is 0 Å². The molecule has 2 bridgehead atoms. The standard InChI is InChI=1S/C17H17NO6/c1-22-12-7-8(3-4-9(12)17(21)23-2)18-15(19)13-10-5-6-11(24-10)14(13)16(18)20/h3-4,7,10-11,19-20H,5-6H2,1-2H3/t10-,11+. The number of hydrogen-bond donors (Lipinski definition) is 2. The molecule has 2 aromatic rings. The molecule has 0 radical (unpaired) electrons. The third kappa shape index (κ3) is 1.85. The van der Waals surface area contributed by atoms with E-state index in [1.807, 2.05) is 0 Å². The molecule has 7 nitrogen and oxygen atoms in total. The van der Waals surface area contributed by atoms with E-state index < -0.39 is 5.97 Å². The van der Waals surface area contributed by atoms with Crippen LogP contribution in [0.3, 0.4) is 0 Å². The molecule has 1 saturated heterocycles. The maximum absolute atomic E-state index is 11.8. The lowest BCUT2D eigenvalue weighted by Gasteiger charge is -2.13. The Hall–Kier alpha value is -2.67. The molecule has 2 atom stereocenters. The van der Waals surface area contributed by atoms with Gasteiger partial charge in [-0.25, -0.2) is 4.79 Å². The first-order valence-electron chi connectivity index (χ1n) is 7.65. The first-order valence-corrected chi connectivity index (χ1v) is 7.65. The zero-order valence-electron chi connectivity index (χ0n) is 13.3. The van der Waals surface area contributed by atoms with Gasteiger partial charge in [0.25, 0.3) is 0 Å². The molecule has 4 rings (SSSR count). The van der Waals surface area contributed by atoms with Gasteiger partial charge in [0, 0.05) is 6.07 Å². The van der Waals surface area contributed by atoms with Gasteiger partial charge < -0.3 is 24.4 Å². The molecule has 126 valence electrons. The molecule has 2 aliphatic rings. The van der Waals surface area contributed by atoms with E-state index in [4.69, 9.17) is 14.2 Å². The van der Waals surface area contributed by atoms with E-state index in [2.05, 4.69) is 0 Å². The van der Waals surface area contributed by atoms with Gasteiger partial charge in [0.15, 0.2) is 0 Å². The number of ether oxygens (including phenoxy) is 3. The molecular formula is C17H17NO6. The lowest BCUT2D eigenvalue weighted by atomic mass is 9.95. The van der Waals surface area contributed by atoms with Crippen LogP contribution < -0.4 is 4.74 Å². The molecule has 1 fully saturated rings. The van der Waals surface area contributed by atoms with Crippen molar-refractivity contribution in [3.05, 3.63) is 34.9 Å². The highest BCUT2D eigenvalue weighted by atomic mass is 16.5. The lowest BCUT2D eigenvalue weighted by molar-refractivity contribution is 0.0597. The van der Waals surface area contributed by atoms with Gasteiger partial charge in [0.2, 0.25) is 11.8 Å². The smallest absolute Gasteiger partial charge is 0.341 e. The summed E-state index contributed by atoms with van der Waals surface area (Å²) >= 11 is 0. The zero-order chi connectivity index (χ0) is 17.0. The molecule has 0 unspecified atom stereocenters. The summed E-state index contributed by atoms with van der Waals surface area (Å²) in [6.45, 7) is 0. The number of rotatable bonds is 3. The van der Waals surface area contributed by atoms with Gasteiger partial charge in [-0.2, -0.15) is 0 Å². The highest BCUT2D eigenvalue weighted by Crippen LogP contribution is 2.58. The molecule has 7 heteroatoms. The van der Waals surface area contributed by atoms with Crippen LogP contribution >= 0.6 is 0 Å². The van der Waals surface area contributed by atoms with Crippen molar-refractivity contribution in [2.75, 3.05) is 14.2 Å². The molecular weight excluding hydrogens is 314 g/mol. The number of carbonyl (C=O) groups excluding carboxylic acids is 1. The number of hydrogen-bond acceptors (Lipinski definition) is 6. The summed E-state index contributed by atoms with van der Waals surface area (Å²) in [4.78, 5) is 11.8. The molecule has 0 amide bonds. The largest absolute Gasteiger partial charge is 0.496 e. The van der Waals surface area contributed by atoms with E-state index >= 15 is 0 Å². The number of carbonyl (C=O) groups is 1. The second-order valence-corrected chi connectivity index (χ2v) is 5.88. The summed E-state index contributed by atoms with van der Waals surface area (Å²) in [6.07, 6.45) is 1.32. The highest BCUT2D eigenvalue weighted by Gasteiger charge is 2.45. The normalized spacial score (nSPS) is 20.9. The Kier molecular flexibility index (Phi) is 3.21. The quantitative estimate of drug-likeness (QED) is 0.840. The van der Waals surface area contributed by atoms with E-state index in [1.165, 1.54) is 24.9 Å². The molecule has 0 saturated carbocycles. The number of aromatic nitrogens is 1. The SMILES string of the molecule is COC(=O)c1ccc(-n2c(O)c3c(c2O)[C@H]2CC[C@@H]3O2)cc1OC. The minimum absolute atomic E-state index is 0.0393. The second kappa shape index (κ2) is 5.17. The summed E-state index contributed by atoms with van der Waals surface area (Å²) in [6, 6.07) is 4.73. The van der Waals surface area contributed by atoms with Gasteiger partial charge in [-0.15, -0.1) is 0 Å². The Morgan fingerprint density at radius 1 is 1.17 bits per heavy atom. The average molecular weight is 331 g/mol. The molecule has 3 heterocycles. The van der Waals surface area contributed by atoms with Gasteiger partial charge in [0.1, 0.15) is 11.3 Å². The van der Waals surface area contributed by atoms with Crippen LogP contribution in [0, 0.1) is 0 Å². The molecule has 24 heavy (non-hydrogen) atoms. The van der Waals surface area contributed by atoms with Crippen LogP contribution in [0.5, 0.6) is 17.5 Å². The van der Waals surface area contributed by atoms with Gasteiger partial charge in [0.05, 0.1) is 43.2 Å². The minimum atomic E-state index is -0.520. The molecule has 1 aromatic heterocycles. The third-order valence-corrected chi connectivity index (χ3v) is 4.71.